The summed E-state index contributed by atoms with van der Waals surface area (Å²) < 4.78 is 4.96. The number of ether oxygens (including phenoxy) is 1. The lowest BCUT2D eigenvalue weighted by molar-refractivity contribution is -0.155. The number of carboxylic acids is 1. The second-order valence-electron chi connectivity index (χ2n) is 3.05. The summed E-state index contributed by atoms with van der Waals surface area (Å²) >= 11 is 0. The van der Waals surface area contributed by atoms with E-state index in [0.29, 0.717) is 6.54 Å². The van der Waals surface area contributed by atoms with Gasteiger partial charge in [-0.05, 0) is 20.3 Å². The molecule has 0 aliphatic carbocycles. The lowest BCUT2D eigenvalue weighted by Gasteiger charge is -2.15. The van der Waals surface area contributed by atoms with Crippen molar-refractivity contribution in [3.05, 3.63) is 0 Å². The molecule has 0 fully saturated rings. The Labute approximate surface area is 83.4 Å². The number of carboxylic acid groups (broad SMARTS) is 1. The molecule has 0 aliphatic heterocycles. The van der Waals surface area contributed by atoms with Gasteiger partial charge in [-0.15, -0.1) is 0 Å². The summed E-state index contributed by atoms with van der Waals surface area (Å²) in [7, 11) is 0. The van der Waals surface area contributed by atoms with Gasteiger partial charge in [0.05, 0.1) is 0 Å². The first kappa shape index (κ1) is 12.9. The van der Waals surface area contributed by atoms with Crippen LogP contribution in [0, 0.1) is 0 Å². The van der Waals surface area contributed by atoms with E-state index >= 15 is 0 Å². The molecule has 2 N–H and O–H groups in total. The Morgan fingerprint density at radius 3 is 2.36 bits per heavy atom. The van der Waals surface area contributed by atoms with Gasteiger partial charge in [0.2, 0.25) is 5.91 Å². The van der Waals surface area contributed by atoms with Crippen LogP contribution in [-0.2, 0) is 14.3 Å². The minimum Gasteiger partial charge on any atom is -0.479 e. The maximum Gasteiger partial charge on any atom is 0.332 e. The molecule has 0 saturated heterocycles. The highest BCUT2D eigenvalue weighted by molar-refractivity contribution is 5.81. The Hall–Kier alpha value is -1.10. The Balaban J connectivity index is 3.88. The van der Waals surface area contributed by atoms with E-state index in [-0.39, 0.29) is 5.91 Å². The fourth-order valence-electron chi connectivity index (χ4n) is 0.818. The molecule has 14 heavy (non-hydrogen) atoms. The van der Waals surface area contributed by atoms with Crippen molar-refractivity contribution in [3.8, 4) is 0 Å². The van der Waals surface area contributed by atoms with Crippen LogP contribution in [0.2, 0.25) is 0 Å². The molecule has 0 rings (SSSR count). The van der Waals surface area contributed by atoms with E-state index in [1.165, 1.54) is 13.8 Å². The molecule has 2 atom stereocenters. The second-order valence-corrected chi connectivity index (χ2v) is 3.05. The van der Waals surface area contributed by atoms with Gasteiger partial charge in [0.25, 0.3) is 0 Å². The van der Waals surface area contributed by atoms with Crippen LogP contribution in [0.15, 0.2) is 0 Å². The summed E-state index contributed by atoms with van der Waals surface area (Å²) in [6.45, 7) is 5.44. The first-order valence-electron chi connectivity index (χ1n) is 4.65. The molecule has 0 aromatic heterocycles. The third-order valence-corrected chi connectivity index (χ3v) is 1.67. The van der Waals surface area contributed by atoms with Gasteiger partial charge in [-0.25, -0.2) is 4.79 Å². The molecular formula is C9H17NO4. The van der Waals surface area contributed by atoms with Crippen molar-refractivity contribution in [2.75, 3.05) is 6.54 Å². The summed E-state index contributed by atoms with van der Waals surface area (Å²) in [6.07, 6.45) is -0.850. The van der Waals surface area contributed by atoms with Gasteiger partial charge in [0, 0.05) is 6.54 Å². The standard InChI is InChI=1S/C9H17NO4/c1-4-5-10-8(11)6(2)14-7(3)9(12)13/h6-7H,4-5H2,1-3H3,(H,10,11)(H,12,13)/t6?,7-/m1/s1. The number of rotatable bonds is 6. The SMILES string of the molecule is CCCNC(=O)C(C)O[C@H](C)C(=O)O. The summed E-state index contributed by atoms with van der Waals surface area (Å²) in [4.78, 5) is 21.6. The Morgan fingerprint density at radius 2 is 1.93 bits per heavy atom. The number of carbonyl (C=O) groups is 2. The Kier molecular flexibility index (Phi) is 5.87. The van der Waals surface area contributed by atoms with E-state index in [2.05, 4.69) is 5.32 Å². The van der Waals surface area contributed by atoms with Gasteiger partial charge >= 0.3 is 5.97 Å². The van der Waals surface area contributed by atoms with E-state index < -0.39 is 18.2 Å². The van der Waals surface area contributed by atoms with Crippen molar-refractivity contribution in [1.29, 1.82) is 0 Å². The van der Waals surface area contributed by atoms with Crippen LogP contribution >= 0.6 is 0 Å². The molecule has 82 valence electrons. The predicted molar refractivity (Wildman–Crippen MR) is 50.9 cm³/mol. The number of carbonyl (C=O) groups excluding carboxylic acids is 1. The van der Waals surface area contributed by atoms with Crippen LogP contribution in [0.3, 0.4) is 0 Å². The zero-order valence-electron chi connectivity index (χ0n) is 8.74. The Bertz CT molecular complexity index is 205. The van der Waals surface area contributed by atoms with Gasteiger partial charge < -0.3 is 15.2 Å². The normalized spacial score (nSPS) is 14.5. The van der Waals surface area contributed by atoms with E-state index in [4.69, 9.17) is 9.84 Å². The summed E-state index contributed by atoms with van der Waals surface area (Å²) in [6, 6.07) is 0. The van der Waals surface area contributed by atoms with Crippen molar-refractivity contribution in [2.45, 2.75) is 39.4 Å². The molecule has 0 spiro atoms. The smallest absolute Gasteiger partial charge is 0.332 e. The molecule has 0 aromatic rings. The second kappa shape index (κ2) is 6.37. The zero-order chi connectivity index (χ0) is 11.1. The highest BCUT2D eigenvalue weighted by Gasteiger charge is 2.19. The lowest BCUT2D eigenvalue weighted by Crippen LogP contribution is -2.38. The quantitative estimate of drug-likeness (QED) is 0.654. The predicted octanol–water partition coefficient (Wildman–Crippen LogP) is 0.391. The highest BCUT2D eigenvalue weighted by Crippen LogP contribution is 1.98. The van der Waals surface area contributed by atoms with Gasteiger partial charge in [-0.2, -0.15) is 0 Å². The molecule has 0 heterocycles. The third-order valence-electron chi connectivity index (χ3n) is 1.67. The topological polar surface area (TPSA) is 75.6 Å². The number of hydrogen-bond acceptors (Lipinski definition) is 3. The minimum atomic E-state index is -1.07. The van der Waals surface area contributed by atoms with E-state index in [1.54, 1.807) is 0 Å². The molecular weight excluding hydrogens is 186 g/mol. The maximum atomic E-state index is 11.2. The minimum absolute atomic E-state index is 0.278. The molecule has 5 nitrogen and oxygen atoms in total. The van der Waals surface area contributed by atoms with Crippen molar-refractivity contribution >= 4 is 11.9 Å². The van der Waals surface area contributed by atoms with Crippen LogP contribution in [0.25, 0.3) is 0 Å². The van der Waals surface area contributed by atoms with Crippen molar-refractivity contribution in [3.63, 3.8) is 0 Å². The average molecular weight is 203 g/mol. The van der Waals surface area contributed by atoms with Crippen LogP contribution < -0.4 is 5.32 Å². The zero-order valence-corrected chi connectivity index (χ0v) is 8.74. The molecule has 1 amide bonds. The first-order chi connectivity index (χ1) is 6.49. The molecule has 0 aromatic carbocycles. The van der Waals surface area contributed by atoms with Crippen LogP contribution in [0.1, 0.15) is 27.2 Å². The first-order valence-corrected chi connectivity index (χ1v) is 4.65. The maximum absolute atomic E-state index is 11.2. The van der Waals surface area contributed by atoms with E-state index in [0.717, 1.165) is 6.42 Å². The molecule has 0 saturated carbocycles. The van der Waals surface area contributed by atoms with Crippen molar-refractivity contribution in [1.82, 2.24) is 5.32 Å². The van der Waals surface area contributed by atoms with Gasteiger partial charge in [0.15, 0.2) is 6.10 Å². The third kappa shape index (κ3) is 4.81. The molecule has 5 heteroatoms. The van der Waals surface area contributed by atoms with Crippen molar-refractivity contribution < 1.29 is 19.4 Å². The largest absolute Gasteiger partial charge is 0.479 e. The fourth-order valence-corrected chi connectivity index (χ4v) is 0.818. The van der Waals surface area contributed by atoms with Crippen LogP contribution in [-0.4, -0.2) is 35.7 Å². The van der Waals surface area contributed by atoms with Crippen LogP contribution in [0.4, 0.5) is 0 Å². The molecule has 0 radical (unpaired) electrons. The number of aliphatic carboxylic acids is 1. The fraction of sp³-hybridized carbons (Fsp3) is 0.778. The number of nitrogens with one attached hydrogen (secondary N) is 1. The number of hydrogen-bond donors (Lipinski definition) is 2. The van der Waals surface area contributed by atoms with Gasteiger partial charge in [-0.1, -0.05) is 6.92 Å². The monoisotopic (exact) mass is 203 g/mol. The van der Waals surface area contributed by atoms with Gasteiger partial charge in [-0.3, -0.25) is 4.79 Å². The van der Waals surface area contributed by atoms with E-state index in [9.17, 15) is 9.59 Å². The van der Waals surface area contributed by atoms with Crippen molar-refractivity contribution in [2.24, 2.45) is 0 Å². The van der Waals surface area contributed by atoms with Crippen LogP contribution in [0.5, 0.6) is 0 Å². The lowest BCUT2D eigenvalue weighted by atomic mass is 10.3. The summed E-state index contributed by atoms with van der Waals surface area (Å²) in [5.74, 6) is -1.35. The summed E-state index contributed by atoms with van der Waals surface area (Å²) in [5.41, 5.74) is 0. The average Bonchev–Trinajstić information content (AvgIpc) is 2.13. The molecule has 0 bridgehead atoms. The summed E-state index contributed by atoms with van der Waals surface area (Å²) in [5, 5.41) is 11.2. The highest BCUT2D eigenvalue weighted by atomic mass is 16.5. The van der Waals surface area contributed by atoms with E-state index in [1.807, 2.05) is 6.92 Å². The molecule has 0 aliphatic rings. The molecule has 1 unspecified atom stereocenters. The van der Waals surface area contributed by atoms with Gasteiger partial charge in [0.1, 0.15) is 6.10 Å². The number of amides is 1. The Morgan fingerprint density at radius 1 is 1.36 bits per heavy atom.